The average molecular weight is 1360 g/mol. The minimum atomic E-state index is -1.90. The topological polar surface area (TPSA) is 316 Å². The van der Waals surface area contributed by atoms with Crippen molar-refractivity contribution in [2.24, 2.45) is 11.1 Å². The Morgan fingerprint density at radius 3 is 2.35 bits per heavy atom. The summed E-state index contributed by atoms with van der Waals surface area (Å²) in [6.45, 7) is 8.05. The van der Waals surface area contributed by atoms with Crippen molar-refractivity contribution in [2.45, 2.75) is 133 Å². The van der Waals surface area contributed by atoms with E-state index >= 15 is 0 Å². The molecule has 506 valence electrons. The van der Waals surface area contributed by atoms with E-state index in [-0.39, 0.29) is 126 Å². The van der Waals surface area contributed by atoms with Gasteiger partial charge in [-0.05, 0) is 57.7 Å². The number of carbonyl (C=O) groups excluding carboxylic acids is 9. The molecule has 0 aliphatic carbocycles. The minimum absolute atomic E-state index is 0.0346. The number of Topliss-reactive ketones (excluding diaryl/α,β-unsaturated/α-hetero) is 2. The molecule has 4 saturated heterocycles. The van der Waals surface area contributed by atoms with Gasteiger partial charge in [-0.1, -0.05) is 47.5 Å². The van der Waals surface area contributed by atoms with Gasteiger partial charge in [0.1, 0.15) is 53.9 Å². The number of epoxide rings is 1. The van der Waals surface area contributed by atoms with Crippen LogP contribution in [-0.4, -0.2) is 244 Å². The van der Waals surface area contributed by atoms with Crippen molar-refractivity contribution in [3.63, 3.8) is 0 Å². The van der Waals surface area contributed by atoms with Gasteiger partial charge in [-0.2, -0.15) is 0 Å². The second-order valence-corrected chi connectivity index (χ2v) is 26.8. The maximum atomic E-state index is 14.4. The molecule has 1 aromatic carbocycles. The fourth-order valence-electron chi connectivity index (χ4n) is 10.4. The van der Waals surface area contributed by atoms with Crippen LogP contribution in [0.3, 0.4) is 0 Å². The number of hydrogen-bond donors (Lipinski definition) is 3. The summed E-state index contributed by atoms with van der Waals surface area (Å²) in [6.07, 6.45) is 1.20. The number of amides is 6. The monoisotopic (exact) mass is 1350 g/mol. The number of anilines is 1. The molecule has 0 saturated carbocycles. The number of rotatable bonds is 33. The highest BCUT2D eigenvalue weighted by Gasteiger charge is 2.64. The number of esters is 1. The summed E-state index contributed by atoms with van der Waals surface area (Å²) in [5.74, 6) is -1.73. The van der Waals surface area contributed by atoms with E-state index in [1.807, 2.05) is 13.0 Å². The van der Waals surface area contributed by atoms with E-state index in [2.05, 4.69) is 15.8 Å². The number of carbonyl (C=O) groups is 9. The predicted molar refractivity (Wildman–Crippen MR) is 341 cm³/mol. The number of halogens is 1. The lowest BCUT2D eigenvalue weighted by atomic mass is 9.83. The van der Waals surface area contributed by atoms with Crippen molar-refractivity contribution in [1.29, 1.82) is 0 Å². The Bertz CT molecular complexity index is 2810. The third-order valence-electron chi connectivity index (χ3n) is 15.9. The van der Waals surface area contributed by atoms with Crippen LogP contribution in [0.1, 0.15) is 84.6 Å². The maximum absolute atomic E-state index is 14.4. The van der Waals surface area contributed by atoms with Gasteiger partial charge in [0.05, 0.1) is 69.3 Å². The number of nitrogens with one attached hydrogen (secondary N) is 2. The SMILES string of the molecule is COc1cc2cc(c1Cl)N(C)C(=O)C[C@@H](OC(=O)[C@@H](C)N(C)C(=O)CCSC1CC(=O)N(CCCC(=O)COCCOCCNC(=O)COCCOCCCC(=O)CON=C3CSCSC3)C1=O)[C@@]1(C)O[C@@H]1C(C)[C@H]1C[C@](O)(NC(=O)O1)[C@@H](OC)/C=C/C=C(\C)C2. The third kappa shape index (κ3) is 22.7. The molecule has 4 fully saturated rings. The molecule has 0 aromatic heterocycles. The average Bonchev–Trinajstić information content (AvgIpc) is 1.58. The van der Waals surface area contributed by atoms with Crippen molar-refractivity contribution in [3.05, 3.63) is 46.5 Å². The Balaban J connectivity index is 0.875. The first-order valence-electron chi connectivity index (χ1n) is 30.2. The number of likely N-dealkylation sites (N-methyl/N-ethyl adjacent to an activating group) is 1. The van der Waals surface area contributed by atoms with Crippen LogP contribution in [-0.2, 0) is 87.5 Å². The Kier molecular flexibility index (Phi) is 30.3. The number of oxime groups is 1. The largest absolute Gasteiger partial charge is 0.495 e. The first-order chi connectivity index (χ1) is 43.5. The second kappa shape index (κ2) is 36.9. The number of likely N-dealkylation sites (tertiary alicyclic amines) is 1. The lowest BCUT2D eigenvalue weighted by Gasteiger charge is -2.42. The van der Waals surface area contributed by atoms with Gasteiger partial charge in [0.15, 0.2) is 23.9 Å². The fraction of sp³-hybridized carbons (Fsp3) is 0.672. The van der Waals surface area contributed by atoms with Crippen LogP contribution < -0.4 is 20.3 Å². The zero-order valence-corrected chi connectivity index (χ0v) is 56.2. The number of nitrogens with zero attached hydrogens (tertiary/aromatic N) is 4. The van der Waals surface area contributed by atoms with Crippen molar-refractivity contribution in [1.82, 2.24) is 20.4 Å². The molecular formula is C61H87ClN6O20S3. The van der Waals surface area contributed by atoms with Crippen molar-refractivity contribution in [3.8, 4) is 5.75 Å². The minimum Gasteiger partial charge on any atom is -0.495 e. The van der Waals surface area contributed by atoms with Gasteiger partial charge in [0, 0.05) is 101 Å². The van der Waals surface area contributed by atoms with E-state index in [4.69, 9.17) is 59.1 Å². The van der Waals surface area contributed by atoms with Crippen LogP contribution in [0, 0.1) is 5.92 Å². The summed E-state index contributed by atoms with van der Waals surface area (Å²) in [7, 11) is 5.83. The van der Waals surface area contributed by atoms with E-state index in [0.29, 0.717) is 37.3 Å². The normalized spacial score (nSPS) is 25.7. The molecule has 0 radical (unpaired) electrons. The number of allylic oxidation sites excluding steroid dienone is 3. The molecule has 2 unspecified atom stereocenters. The number of ether oxygens (including phenoxy) is 9. The third-order valence-corrected chi connectivity index (χ3v) is 19.9. The van der Waals surface area contributed by atoms with E-state index in [1.54, 1.807) is 61.7 Å². The number of fused-ring (bicyclic) bond motifs is 5. The summed E-state index contributed by atoms with van der Waals surface area (Å²) in [4.78, 5) is 127. The van der Waals surface area contributed by atoms with Gasteiger partial charge >= 0.3 is 12.1 Å². The standard InChI is InChI=1S/C61H87ClN6O20S3/c1-38-12-9-15-49(80-8)61(78)31-47(86-59(77)64-61)39(2)56-60(4,88-56)50(30-53(73)67(6)45-27-41(26-38)28-46(79-7)55(45)62)87-58(76)40(3)66(5)52(72)16-25-91-48-29-54(74)68(57(48)75)18-10-13-43(69)32-83-23-22-82-20-17-63-51(71)34-84-24-21-81-19-11-14-44(70)33-85-65-42-35-89-37-90-36-42/h9,12,15,27-28,39-40,47-50,56,78H,10-11,13-14,16-26,29-37H2,1-8H3,(H,63,71)(H,64,77)/b15-9+,38-12+/t39?,40-,47-,48?,49+,50-,56-,60-,61-/m1/s1. The van der Waals surface area contributed by atoms with Crippen molar-refractivity contribution >= 4 is 111 Å². The Morgan fingerprint density at radius 2 is 1.63 bits per heavy atom. The van der Waals surface area contributed by atoms with Crippen LogP contribution in [0.25, 0.3) is 0 Å². The summed E-state index contributed by atoms with van der Waals surface area (Å²) in [6, 6.07) is 2.35. The van der Waals surface area contributed by atoms with Gasteiger partial charge in [-0.25, -0.2) is 9.59 Å². The fourth-order valence-corrected chi connectivity index (χ4v) is 13.9. The van der Waals surface area contributed by atoms with Crippen LogP contribution in [0.5, 0.6) is 5.75 Å². The van der Waals surface area contributed by atoms with Crippen LogP contribution in [0.15, 0.2) is 41.1 Å². The lowest BCUT2D eigenvalue weighted by molar-refractivity contribution is -0.162. The summed E-state index contributed by atoms with van der Waals surface area (Å²) in [5, 5.41) is 21.6. The number of aliphatic hydroxyl groups is 1. The Morgan fingerprint density at radius 1 is 0.934 bits per heavy atom. The molecule has 0 spiro atoms. The molecular weight excluding hydrogens is 1270 g/mol. The highest BCUT2D eigenvalue weighted by atomic mass is 35.5. The quantitative estimate of drug-likeness (QED) is 0.0288. The molecule has 3 N–H and O–H groups in total. The van der Waals surface area contributed by atoms with E-state index in [9.17, 15) is 48.3 Å². The first-order valence-corrected chi connectivity index (χ1v) is 34.0. The smallest absolute Gasteiger partial charge is 0.409 e. The molecule has 5 heterocycles. The molecule has 91 heavy (non-hydrogen) atoms. The van der Waals surface area contributed by atoms with E-state index in [1.165, 1.54) is 45.0 Å². The van der Waals surface area contributed by atoms with Gasteiger partial charge in [0.25, 0.3) is 0 Å². The number of thioether (sulfide) groups is 3. The van der Waals surface area contributed by atoms with Crippen molar-refractivity contribution in [2.75, 3.05) is 128 Å². The van der Waals surface area contributed by atoms with Crippen molar-refractivity contribution < 1.29 is 95.7 Å². The van der Waals surface area contributed by atoms with Gasteiger partial charge in [0.2, 0.25) is 29.5 Å². The van der Waals surface area contributed by atoms with Crippen LogP contribution in [0.4, 0.5) is 10.5 Å². The lowest BCUT2D eigenvalue weighted by Crippen LogP contribution is -2.63. The number of imide groups is 1. The molecule has 6 amide bonds. The summed E-state index contributed by atoms with van der Waals surface area (Å²) in [5.41, 5.74) is -0.310. The number of methoxy groups -OCH3 is 2. The van der Waals surface area contributed by atoms with Gasteiger partial charge in [-0.15, -0.1) is 35.3 Å². The number of hydrogen-bond acceptors (Lipinski definition) is 24. The maximum Gasteiger partial charge on any atom is 0.409 e. The molecule has 5 aliphatic rings. The van der Waals surface area contributed by atoms with E-state index in [0.717, 1.165) is 50.1 Å². The summed E-state index contributed by atoms with van der Waals surface area (Å²) < 4.78 is 51.1. The number of ketones is 2. The number of benzene rings is 1. The molecule has 5 aliphatic heterocycles. The molecule has 9 atom stereocenters. The molecule has 1 aromatic rings. The Hall–Kier alpha value is -5.34. The summed E-state index contributed by atoms with van der Waals surface area (Å²) >= 11 is 11.5. The molecule has 4 bridgehead atoms. The second-order valence-electron chi connectivity index (χ2n) is 22.8. The molecule has 26 nitrogen and oxygen atoms in total. The van der Waals surface area contributed by atoms with E-state index < -0.39 is 95.1 Å². The highest BCUT2D eigenvalue weighted by molar-refractivity contribution is 8.17. The molecule has 30 heteroatoms. The Labute approximate surface area is 548 Å². The molecule has 6 rings (SSSR count). The highest BCUT2D eigenvalue weighted by Crippen LogP contribution is 2.49. The van der Waals surface area contributed by atoms with Gasteiger partial charge in [-0.3, -0.25) is 43.8 Å². The predicted octanol–water partition coefficient (Wildman–Crippen LogP) is 4.46. The zero-order valence-electron chi connectivity index (χ0n) is 53.0. The number of alkyl carbamates (subject to hydrolysis) is 1. The van der Waals surface area contributed by atoms with Crippen LogP contribution in [0.2, 0.25) is 5.02 Å². The first kappa shape index (κ1) is 74.7. The van der Waals surface area contributed by atoms with Crippen LogP contribution >= 0.6 is 46.9 Å². The zero-order chi connectivity index (χ0) is 66.3. The van der Waals surface area contributed by atoms with Gasteiger partial charge < -0.3 is 67.7 Å².